The highest BCUT2D eigenvalue weighted by Gasteiger charge is 2.52. The van der Waals surface area contributed by atoms with Gasteiger partial charge in [0.1, 0.15) is 17.3 Å². The van der Waals surface area contributed by atoms with Crippen LogP contribution in [0, 0.1) is 0 Å². The standard InChI is InChI=1S/C21H22N2O3S/c24-27(25)15-14-23-17-10-12-21(13-11-17,20(23)22-27)16-6-8-19(9-7-16)26-18-4-2-1-3-5-18/h1-9,17H,10-15H2. The van der Waals surface area contributed by atoms with E-state index in [-0.39, 0.29) is 11.2 Å². The van der Waals surface area contributed by atoms with Gasteiger partial charge in [0.2, 0.25) is 0 Å². The summed E-state index contributed by atoms with van der Waals surface area (Å²) in [6.07, 6.45) is 4.12. The van der Waals surface area contributed by atoms with Crippen LogP contribution in [-0.2, 0) is 15.4 Å². The Kier molecular flexibility index (Phi) is 3.79. The summed E-state index contributed by atoms with van der Waals surface area (Å²) in [5.41, 5.74) is 0.856. The first-order valence-corrected chi connectivity index (χ1v) is 11.1. The normalized spacial score (nSPS) is 28.4. The van der Waals surface area contributed by atoms with Crippen molar-refractivity contribution in [2.24, 2.45) is 4.40 Å². The minimum Gasteiger partial charge on any atom is -0.457 e. The van der Waals surface area contributed by atoms with E-state index in [0.717, 1.165) is 48.6 Å². The van der Waals surface area contributed by atoms with Gasteiger partial charge in [-0.1, -0.05) is 30.3 Å². The molecule has 2 aromatic carbocycles. The number of fused-ring (bicyclic) bond motifs is 2. The zero-order chi connectivity index (χ0) is 18.5. The molecule has 3 heterocycles. The summed E-state index contributed by atoms with van der Waals surface area (Å²) in [5.74, 6) is 2.48. The fraction of sp³-hybridized carbons (Fsp3) is 0.381. The topological polar surface area (TPSA) is 59.0 Å². The minimum absolute atomic E-state index is 0.132. The molecule has 2 bridgehead atoms. The van der Waals surface area contributed by atoms with Crippen LogP contribution in [-0.4, -0.2) is 37.5 Å². The Bertz CT molecular complexity index is 976. The summed E-state index contributed by atoms with van der Waals surface area (Å²) < 4.78 is 34.5. The van der Waals surface area contributed by atoms with Gasteiger partial charge in [0, 0.05) is 12.6 Å². The van der Waals surface area contributed by atoms with Crippen molar-refractivity contribution in [3.05, 3.63) is 60.2 Å². The highest BCUT2D eigenvalue weighted by molar-refractivity contribution is 7.90. The van der Waals surface area contributed by atoms with Crippen LogP contribution in [0.4, 0.5) is 0 Å². The molecule has 0 atom stereocenters. The van der Waals surface area contributed by atoms with Crippen LogP contribution in [0.5, 0.6) is 11.5 Å². The zero-order valence-electron chi connectivity index (χ0n) is 15.0. The summed E-state index contributed by atoms with van der Waals surface area (Å²) in [7, 11) is -3.35. The van der Waals surface area contributed by atoms with E-state index in [0.29, 0.717) is 12.6 Å². The second-order valence-electron chi connectivity index (χ2n) is 7.65. The van der Waals surface area contributed by atoms with Crippen molar-refractivity contribution in [3.8, 4) is 11.5 Å². The molecule has 2 aromatic rings. The molecule has 0 N–H and O–H groups in total. The van der Waals surface area contributed by atoms with Crippen molar-refractivity contribution in [1.82, 2.24) is 4.90 Å². The maximum atomic E-state index is 12.2. The maximum absolute atomic E-state index is 12.2. The second kappa shape index (κ2) is 6.09. The molecule has 5 nitrogen and oxygen atoms in total. The molecule has 140 valence electrons. The van der Waals surface area contributed by atoms with Crippen molar-refractivity contribution in [2.45, 2.75) is 37.1 Å². The third-order valence-corrected chi connectivity index (χ3v) is 7.30. The third kappa shape index (κ3) is 2.83. The molecule has 0 aromatic heterocycles. The SMILES string of the molecule is O=S1(=O)CCN2C(=N1)C1(c3ccc(Oc4ccccc4)cc3)CCC2CC1. The number of amidine groups is 1. The molecule has 0 unspecified atom stereocenters. The molecule has 2 saturated heterocycles. The van der Waals surface area contributed by atoms with Crippen molar-refractivity contribution in [3.63, 3.8) is 0 Å². The molecule has 3 aliphatic heterocycles. The predicted molar refractivity (Wildman–Crippen MR) is 105 cm³/mol. The van der Waals surface area contributed by atoms with Gasteiger partial charge in [-0.15, -0.1) is 4.40 Å². The van der Waals surface area contributed by atoms with Crippen LogP contribution in [0.25, 0.3) is 0 Å². The molecule has 1 saturated carbocycles. The molecule has 0 amide bonds. The number of piperidine rings is 2. The quantitative estimate of drug-likeness (QED) is 0.812. The fourth-order valence-electron chi connectivity index (χ4n) is 4.78. The van der Waals surface area contributed by atoms with Gasteiger partial charge in [-0.05, 0) is 55.5 Å². The lowest BCUT2D eigenvalue weighted by molar-refractivity contribution is 0.151. The zero-order valence-corrected chi connectivity index (χ0v) is 15.9. The van der Waals surface area contributed by atoms with E-state index in [1.807, 2.05) is 42.5 Å². The summed E-state index contributed by atoms with van der Waals surface area (Å²) in [5, 5.41) is 0. The van der Waals surface area contributed by atoms with Crippen molar-refractivity contribution < 1.29 is 13.2 Å². The third-order valence-electron chi connectivity index (χ3n) is 6.15. The summed E-state index contributed by atoms with van der Waals surface area (Å²) in [6, 6.07) is 18.2. The number of hydrogen-bond acceptors (Lipinski definition) is 4. The van der Waals surface area contributed by atoms with Gasteiger partial charge in [0.25, 0.3) is 10.0 Å². The Hall–Kier alpha value is -2.34. The lowest BCUT2D eigenvalue weighted by atomic mass is 9.63. The lowest BCUT2D eigenvalue weighted by Gasteiger charge is -2.55. The number of nitrogens with zero attached hydrogens (tertiary/aromatic N) is 2. The maximum Gasteiger partial charge on any atom is 0.256 e. The number of hydrogen-bond donors (Lipinski definition) is 0. The largest absolute Gasteiger partial charge is 0.457 e. The van der Waals surface area contributed by atoms with E-state index in [4.69, 9.17) is 4.74 Å². The number of para-hydroxylation sites is 1. The predicted octanol–water partition coefficient (Wildman–Crippen LogP) is 3.72. The number of sulfonamides is 1. The van der Waals surface area contributed by atoms with E-state index >= 15 is 0 Å². The van der Waals surface area contributed by atoms with Crippen LogP contribution >= 0.6 is 0 Å². The lowest BCUT2D eigenvalue weighted by Crippen LogP contribution is -2.62. The first-order valence-electron chi connectivity index (χ1n) is 9.49. The van der Waals surface area contributed by atoms with Crippen molar-refractivity contribution in [2.75, 3.05) is 12.3 Å². The molecule has 0 spiro atoms. The number of rotatable bonds is 3. The van der Waals surface area contributed by atoms with Crippen LogP contribution in [0.3, 0.4) is 0 Å². The molecule has 0 radical (unpaired) electrons. The average molecular weight is 382 g/mol. The molecular weight excluding hydrogens is 360 g/mol. The first-order chi connectivity index (χ1) is 13.1. The van der Waals surface area contributed by atoms with Crippen LogP contribution in [0.15, 0.2) is 59.0 Å². The smallest absolute Gasteiger partial charge is 0.256 e. The Morgan fingerprint density at radius 2 is 1.63 bits per heavy atom. The Morgan fingerprint density at radius 3 is 2.33 bits per heavy atom. The van der Waals surface area contributed by atoms with E-state index in [9.17, 15) is 8.42 Å². The molecule has 6 rings (SSSR count). The number of ether oxygens (including phenoxy) is 1. The highest BCUT2D eigenvalue weighted by Crippen LogP contribution is 2.49. The fourth-order valence-corrected chi connectivity index (χ4v) is 5.84. The van der Waals surface area contributed by atoms with Crippen LogP contribution in [0.2, 0.25) is 0 Å². The Labute approximate surface area is 159 Å². The van der Waals surface area contributed by atoms with Crippen molar-refractivity contribution in [1.29, 1.82) is 0 Å². The van der Waals surface area contributed by atoms with Gasteiger partial charge in [-0.3, -0.25) is 0 Å². The summed E-state index contributed by atoms with van der Waals surface area (Å²) >= 11 is 0. The van der Waals surface area contributed by atoms with Gasteiger partial charge in [0.05, 0.1) is 11.2 Å². The highest BCUT2D eigenvalue weighted by atomic mass is 32.2. The first kappa shape index (κ1) is 16.8. The van der Waals surface area contributed by atoms with Crippen LogP contribution < -0.4 is 4.74 Å². The molecular formula is C21H22N2O3S. The van der Waals surface area contributed by atoms with E-state index < -0.39 is 10.0 Å². The van der Waals surface area contributed by atoms with Gasteiger partial charge in [-0.2, -0.15) is 0 Å². The Balaban J connectivity index is 1.50. The number of benzene rings is 2. The molecule has 4 aliphatic rings. The average Bonchev–Trinajstić information content (AvgIpc) is 2.69. The van der Waals surface area contributed by atoms with Crippen LogP contribution in [0.1, 0.15) is 31.2 Å². The van der Waals surface area contributed by atoms with Gasteiger partial charge in [-0.25, -0.2) is 8.42 Å². The molecule has 3 fully saturated rings. The Morgan fingerprint density at radius 1 is 0.963 bits per heavy atom. The minimum atomic E-state index is -3.35. The second-order valence-corrected chi connectivity index (χ2v) is 9.40. The van der Waals surface area contributed by atoms with Gasteiger partial charge in [0.15, 0.2) is 0 Å². The monoisotopic (exact) mass is 382 g/mol. The summed E-state index contributed by atoms with van der Waals surface area (Å²) in [4.78, 5) is 2.25. The summed E-state index contributed by atoms with van der Waals surface area (Å²) in [6.45, 7) is 0.572. The van der Waals surface area contributed by atoms with E-state index in [1.165, 1.54) is 0 Å². The molecule has 1 aliphatic carbocycles. The van der Waals surface area contributed by atoms with E-state index in [1.54, 1.807) is 0 Å². The van der Waals surface area contributed by atoms with Gasteiger partial charge < -0.3 is 9.64 Å². The van der Waals surface area contributed by atoms with E-state index in [2.05, 4.69) is 21.4 Å². The van der Waals surface area contributed by atoms with Crippen molar-refractivity contribution >= 4 is 15.9 Å². The van der Waals surface area contributed by atoms with Gasteiger partial charge >= 0.3 is 0 Å². The molecule has 6 heteroatoms. The molecule has 27 heavy (non-hydrogen) atoms.